The van der Waals surface area contributed by atoms with Gasteiger partial charge in [-0.25, -0.2) is 0 Å². The van der Waals surface area contributed by atoms with Gasteiger partial charge in [-0.2, -0.15) is 0 Å². The fraction of sp³-hybridized carbons (Fsp3) is 0.583. The fourth-order valence-corrected chi connectivity index (χ4v) is 5.10. The lowest BCUT2D eigenvalue weighted by molar-refractivity contribution is -0.123. The highest BCUT2D eigenvalue weighted by atomic mass is 16.1. The zero-order valence-corrected chi connectivity index (χ0v) is 16.5. The van der Waals surface area contributed by atoms with Gasteiger partial charge in [-0.1, -0.05) is 25.1 Å². The molecular formula is C24H32N2O. The van der Waals surface area contributed by atoms with Gasteiger partial charge in [-0.05, 0) is 86.8 Å². The van der Waals surface area contributed by atoms with E-state index in [2.05, 4.69) is 47.6 Å². The summed E-state index contributed by atoms with van der Waals surface area (Å²) in [7, 11) is 0. The molecule has 144 valence electrons. The monoisotopic (exact) mass is 364 g/mol. The molecule has 0 unspecified atom stereocenters. The second kappa shape index (κ2) is 8.41. The van der Waals surface area contributed by atoms with Crippen LogP contribution in [0.4, 0.5) is 0 Å². The van der Waals surface area contributed by atoms with E-state index in [9.17, 15) is 4.79 Å². The SMILES string of the molecule is C[C@H]1CC[C@H](NC(=O)C[C@H]2CC[C@@H](c3ccnc4ccccc43)CC2)CC1. The zero-order chi connectivity index (χ0) is 18.6. The first-order valence-electron chi connectivity index (χ1n) is 10.8. The molecule has 0 aliphatic heterocycles. The van der Waals surface area contributed by atoms with Crippen LogP contribution in [0.2, 0.25) is 0 Å². The van der Waals surface area contributed by atoms with Crippen molar-refractivity contribution in [2.75, 3.05) is 0 Å². The Morgan fingerprint density at radius 3 is 2.52 bits per heavy atom. The van der Waals surface area contributed by atoms with Gasteiger partial charge in [-0.15, -0.1) is 0 Å². The number of rotatable bonds is 4. The van der Waals surface area contributed by atoms with Crippen LogP contribution < -0.4 is 5.32 Å². The summed E-state index contributed by atoms with van der Waals surface area (Å²) >= 11 is 0. The summed E-state index contributed by atoms with van der Waals surface area (Å²) in [4.78, 5) is 17.0. The van der Waals surface area contributed by atoms with Crippen LogP contribution in [0.1, 0.15) is 76.2 Å². The first-order valence-corrected chi connectivity index (χ1v) is 10.8. The van der Waals surface area contributed by atoms with Crippen LogP contribution in [0.5, 0.6) is 0 Å². The van der Waals surface area contributed by atoms with E-state index in [1.54, 1.807) is 0 Å². The summed E-state index contributed by atoms with van der Waals surface area (Å²) in [5.41, 5.74) is 2.54. The maximum absolute atomic E-state index is 12.5. The van der Waals surface area contributed by atoms with Crippen LogP contribution in [-0.2, 0) is 4.79 Å². The van der Waals surface area contributed by atoms with Crippen molar-refractivity contribution in [1.29, 1.82) is 0 Å². The topological polar surface area (TPSA) is 42.0 Å². The number of hydrogen-bond donors (Lipinski definition) is 1. The van der Waals surface area contributed by atoms with Crippen molar-refractivity contribution in [3.8, 4) is 0 Å². The Labute approximate surface area is 163 Å². The molecule has 2 saturated carbocycles. The average molecular weight is 365 g/mol. The van der Waals surface area contributed by atoms with E-state index in [1.165, 1.54) is 36.6 Å². The number of para-hydroxylation sites is 1. The van der Waals surface area contributed by atoms with Crippen molar-refractivity contribution in [2.45, 2.75) is 76.7 Å². The number of carbonyl (C=O) groups is 1. The molecule has 2 aromatic rings. The number of carbonyl (C=O) groups excluding carboxylic acids is 1. The quantitative estimate of drug-likeness (QED) is 0.768. The second-order valence-corrected chi connectivity index (χ2v) is 8.86. The number of fused-ring (bicyclic) bond motifs is 1. The molecule has 0 radical (unpaired) electrons. The second-order valence-electron chi connectivity index (χ2n) is 8.86. The third-order valence-electron chi connectivity index (χ3n) is 6.82. The Morgan fingerprint density at radius 2 is 1.74 bits per heavy atom. The molecule has 1 heterocycles. The Hall–Kier alpha value is -1.90. The first kappa shape index (κ1) is 18.5. The molecule has 1 aromatic carbocycles. The van der Waals surface area contributed by atoms with Crippen molar-refractivity contribution >= 4 is 16.8 Å². The van der Waals surface area contributed by atoms with Crippen LogP contribution >= 0.6 is 0 Å². The number of amides is 1. The predicted octanol–water partition coefficient (Wildman–Crippen LogP) is 5.59. The predicted molar refractivity (Wildman–Crippen MR) is 111 cm³/mol. The standard InChI is InChI=1S/C24H32N2O/c1-17-6-12-20(13-7-17)26-24(27)16-18-8-10-19(11-9-18)21-14-15-25-23-5-3-2-4-22(21)23/h2-5,14-15,17-20H,6-13,16H2,1H3,(H,26,27)/t17-,18-,19+,20-. The van der Waals surface area contributed by atoms with Gasteiger partial charge in [0.2, 0.25) is 5.91 Å². The number of aromatic nitrogens is 1. The van der Waals surface area contributed by atoms with Crippen LogP contribution in [0.15, 0.2) is 36.5 Å². The lowest BCUT2D eigenvalue weighted by atomic mass is 9.76. The molecule has 3 nitrogen and oxygen atoms in total. The summed E-state index contributed by atoms with van der Waals surface area (Å²) in [6.45, 7) is 2.32. The highest BCUT2D eigenvalue weighted by Crippen LogP contribution is 2.39. The van der Waals surface area contributed by atoms with Gasteiger partial charge < -0.3 is 5.32 Å². The summed E-state index contributed by atoms with van der Waals surface area (Å²) < 4.78 is 0. The molecule has 0 saturated heterocycles. The van der Waals surface area contributed by atoms with Crippen molar-refractivity contribution in [3.63, 3.8) is 0 Å². The van der Waals surface area contributed by atoms with Crippen molar-refractivity contribution < 1.29 is 4.79 Å². The average Bonchev–Trinajstić information content (AvgIpc) is 2.70. The van der Waals surface area contributed by atoms with Gasteiger partial charge in [-0.3, -0.25) is 9.78 Å². The van der Waals surface area contributed by atoms with Gasteiger partial charge in [0, 0.05) is 24.0 Å². The van der Waals surface area contributed by atoms with Gasteiger partial charge in [0.15, 0.2) is 0 Å². The third-order valence-corrected chi connectivity index (χ3v) is 6.82. The van der Waals surface area contributed by atoms with E-state index in [1.807, 2.05) is 6.20 Å². The van der Waals surface area contributed by atoms with E-state index in [4.69, 9.17) is 0 Å². The number of nitrogens with one attached hydrogen (secondary N) is 1. The van der Waals surface area contributed by atoms with E-state index >= 15 is 0 Å². The Balaban J connectivity index is 1.29. The smallest absolute Gasteiger partial charge is 0.220 e. The van der Waals surface area contributed by atoms with Crippen LogP contribution in [0.25, 0.3) is 10.9 Å². The molecule has 2 fully saturated rings. The zero-order valence-electron chi connectivity index (χ0n) is 16.5. The molecule has 4 rings (SSSR count). The molecule has 1 aromatic heterocycles. The Kier molecular flexibility index (Phi) is 5.75. The molecule has 2 aliphatic carbocycles. The molecular weight excluding hydrogens is 332 g/mol. The fourth-order valence-electron chi connectivity index (χ4n) is 5.10. The molecule has 0 spiro atoms. The van der Waals surface area contributed by atoms with Gasteiger partial charge >= 0.3 is 0 Å². The van der Waals surface area contributed by atoms with E-state index < -0.39 is 0 Å². The number of hydrogen-bond acceptors (Lipinski definition) is 2. The van der Waals surface area contributed by atoms with Crippen molar-refractivity contribution in [2.24, 2.45) is 11.8 Å². The summed E-state index contributed by atoms with van der Waals surface area (Å²) in [5.74, 6) is 2.28. The molecule has 2 aliphatic rings. The largest absolute Gasteiger partial charge is 0.353 e. The van der Waals surface area contributed by atoms with E-state index in [0.29, 0.717) is 17.9 Å². The van der Waals surface area contributed by atoms with Gasteiger partial charge in [0.05, 0.1) is 5.52 Å². The summed E-state index contributed by atoms with van der Waals surface area (Å²) in [6.07, 6.45) is 12.2. The highest BCUT2D eigenvalue weighted by Gasteiger charge is 2.26. The molecule has 3 heteroatoms. The molecule has 1 N–H and O–H groups in total. The first-order chi connectivity index (χ1) is 13.2. The maximum Gasteiger partial charge on any atom is 0.220 e. The van der Waals surface area contributed by atoms with Crippen molar-refractivity contribution in [1.82, 2.24) is 10.3 Å². The third kappa shape index (κ3) is 4.51. The maximum atomic E-state index is 12.5. The van der Waals surface area contributed by atoms with Gasteiger partial charge in [0.25, 0.3) is 0 Å². The highest BCUT2D eigenvalue weighted by molar-refractivity contribution is 5.82. The van der Waals surface area contributed by atoms with E-state index in [-0.39, 0.29) is 5.91 Å². The Bertz CT molecular complexity index is 766. The lowest BCUT2D eigenvalue weighted by Gasteiger charge is -2.30. The minimum atomic E-state index is 0.285. The minimum Gasteiger partial charge on any atom is -0.353 e. The number of nitrogens with zero attached hydrogens (tertiary/aromatic N) is 1. The summed E-state index contributed by atoms with van der Waals surface area (Å²) in [5, 5.41) is 4.61. The number of benzene rings is 1. The lowest BCUT2D eigenvalue weighted by Crippen LogP contribution is -2.38. The normalized spacial score (nSPS) is 28.8. The molecule has 27 heavy (non-hydrogen) atoms. The van der Waals surface area contributed by atoms with Crippen LogP contribution in [0.3, 0.4) is 0 Å². The molecule has 0 bridgehead atoms. The molecule has 1 amide bonds. The van der Waals surface area contributed by atoms with Gasteiger partial charge in [0.1, 0.15) is 0 Å². The van der Waals surface area contributed by atoms with Crippen molar-refractivity contribution in [3.05, 3.63) is 42.1 Å². The van der Waals surface area contributed by atoms with Crippen LogP contribution in [0, 0.1) is 11.8 Å². The van der Waals surface area contributed by atoms with E-state index in [0.717, 1.165) is 43.5 Å². The van der Waals surface area contributed by atoms with Crippen LogP contribution in [-0.4, -0.2) is 16.9 Å². The molecule has 0 atom stereocenters. The minimum absolute atomic E-state index is 0.285. The number of pyridine rings is 1. The summed E-state index contributed by atoms with van der Waals surface area (Å²) in [6, 6.07) is 11.1. The Morgan fingerprint density at radius 1 is 1.00 bits per heavy atom.